The Hall–Kier alpha value is -3.12. The average molecular weight is 497 g/mol. The number of nitrogens with zero attached hydrogens (tertiary/aromatic N) is 3. The van der Waals surface area contributed by atoms with Gasteiger partial charge in [0.15, 0.2) is 0 Å². The third kappa shape index (κ3) is 5.17. The van der Waals surface area contributed by atoms with Crippen molar-refractivity contribution in [1.82, 2.24) is 9.21 Å². The molecule has 2 fully saturated rings. The molecule has 0 atom stereocenters. The molecule has 182 valence electrons. The zero-order valence-electron chi connectivity index (χ0n) is 18.0. The summed E-state index contributed by atoms with van der Waals surface area (Å²) in [5.41, 5.74) is 1.17. The van der Waals surface area contributed by atoms with E-state index in [1.54, 1.807) is 34.1 Å². The minimum absolute atomic E-state index is 0.0508. The number of ether oxygens (including phenoxy) is 1. The third-order valence-electron chi connectivity index (χ3n) is 5.72. The summed E-state index contributed by atoms with van der Waals surface area (Å²) in [7, 11) is -3.94. The Balaban J connectivity index is 1.36. The number of piperazine rings is 1. The van der Waals surface area contributed by atoms with Crippen LogP contribution >= 0.6 is 0 Å². The Labute approximate surface area is 194 Å². The van der Waals surface area contributed by atoms with E-state index in [9.17, 15) is 31.2 Å². The predicted molar refractivity (Wildman–Crippen MR) is 116 cm³/mol. The molecule has 34 heavy (non-hydrogen) atoms. The van der Waals surface area contributed by atoms with E-state index < -0.39 is 22.1 Å². The average Bonchev–Trinajstić information content (AvgIpc) is 3.24. The van der Waals surface area contributed by atoms with Crippen molar-refractivity contribution >= 4 is 27.5 Å². The number of alkyl halides is 3. The minimum Gasteiger partial charge on any atom is -0.406 e. The first-order valence-electron chi connectivity index (χ1n) is 10.6. The van der Waals surface area contributed by atoms with E-state index in [4.69, 9.17) is 0 Å². The predicted octanol–water partition coefficient (Wildman–Crippen LogP) is 2.86. The van der Waals surface area contributed by atoms with E-state index in [1.165, 1.54) is 4.31 Å². The molecule has 2 aromatic rings. The Bertz CT molecular complexity index is 1160. The van der Waals surface area contributed by atoms with Gasteiger partial charge in [-0.1, -0.05) is 0 Å². The first-order chi connectivity index (χ1) is 16.0. The number of benzene rings is 2. The molecule has 2 saturated heterocycles. The lowest BCUT2D eigenvalue weighted by Crippen LogP contribution is -2.50. The van der Waals surface area contributed by atoms with Crippen molar-refractivity contribution in [1.29, 1.82) is 0 Å². The first kappa shape index (κ1) is 24.0. The molecular weight excluding hydrogens is 475 g/mol. The van der Waals surface area contributed by atoms with Crippen LogP contribution in [0.15, 0.2) is 53.4 Å². The molecule has 2 aliphatic heterocycles. The van der Waals surface area contributed by atoms with Crippen molar-refractivity contribution < 1.29 is 35.9 Å². The zero-order valence-corrected chi connectivity index (χ0v) is 18.8. The molecule has 12 heteroatoms. The highest BCUT2D eigenvalue weighted by Crippen LogP contribution is 2.26. The van der Waals surface area contributed by atoms with Crippen LogP contribution in [0.3, 0.4) is 0 Å². The van der Waals surface area contributed by atoms with E-state index in [0.29, 0.717) is 18.5 Å². The maximum atomic E-state index is 12.8. The summed E-state index contributed by atoms with van der Waals surface area (Å²) >= 11 is 0. The van der Waals surface area contributed by atoms with Crippen LogP contribution < -0.4 is 9.64 Å². The van der Waals surface area contributed by atoms with E-state index >= 15 is 0 Å². The van der Waals surface area contributed by atoms with E-state index in [0.717, 1.165) is 36.4 Å². The van der Waals surface area contributed by atoms with Crippen molar-refractivity contribution in [3.63, 3.8) is 0 Å². The van der Waals surface area contributed by atoms with Crippen molar-refractivity contribution in [3.05, 3.63) is 54.1 Å². The summed E-state index contributed by atoms with van der Waals surface area (Å²) in [6, 6.07) is 10.8. The standard InChI is InChI=1S/C22H22F3N3O5S/c23-22(24,25)33-18-7-9-19(10-8-18)34(31,32)27-14-12-26(13-15-27)21(30)16-3-5-17(6-4-16)28-11-1-2-20(28)29/h3-10H,1-2,11-15H2. The lowest BCUT2D eigenvalue weighted by Gasteiger charge is -2.34. The van der Waals surface area contributed by atoms with Crippen molar-refractivity contribution in [3.8, 4) is 5.75 Å². The quantitative estimate of drug-likeness (QED) is 0.634. The molecule has 2 amide bonds. The van der Waals surface area contributed by atoms with Gasteiger partial charge in [-0.3, -0.25) is 9.59 Å². The van der Waals surface area contributed by atoms with Crippen LogP contribution in [0.5, 0.6) is 5.75 Å². The molecule has 2 aliphatic rings. The van der Waals surface area contributed by atoms with Gasteiger partial charge in [-0.05, 0) is 55.0 Å². The second kappa shape index (κ2) is 9.26. The highest BCUT2D eigenvalue weighted by Gasteiger charge is 2.33. The van der Waals surface area contributed by atoms with Crippen LogP contribution in [0, 0.1) is 0 Å². The summed E-state index contributed by atoms with van der Waals surface area (Å²) in [6.07, 6.45) is -3.55. The van der Waals surface area contributed by atoms with Gasteiger partial charge in [-0.25, -0.2) is 8.42 Å². The number of carbonyl (C=O) groups is 2. The van der Waals surface area contributed by atoms with E-state index in [1.807, 2.05) is 0 Å². The number of anilines is 1. The van der Waals surface area contributed by atoms with Gasteiger partial charge in [0.1, 0.15) is 5.75 Å². The van der Waals surface area contributed by atoms with Crippen LogP contribution in [0.25, 0.3) is 0 Å². The second-order valence-corrected chi connectivity index (χ2v) is 9.85. The Morgan fingerprint density at radius 1 is 0.882 bits per heavy atom. The van der Waals surface area contributed by atoms with Crippen molar-refractivity contribution in [2.75, 3.05) is 37.6 Å². The van der Waals surface area contributed by atoms with Gasteiger partial charge in [0.25, 0.3) is 5.91 Å². The van der Waals surface area contributed by atoms with Crippen LogP contribution in [0.4, 0.5) is 18.9 Å². The Morgan fingerprint density at radius 3 is 2.03 bits per heavy atom. The van der Waals surface area contributed by atoms with Gasteiger partial charge in [0.05, 0.1) is 4.90 Å². The normalized spacial score (nSPS) is 17.8. The summed E-state index contributed by atoms with van der Waals surface area (Å²) in [5, 5.41) is 0. The van der Waals surface area contributed by atoms with Gasteiger partial charge < -0.3 is 14.5 Å². The number of rotatable bonds is 5. The SMILES string of the molecule is O=C(c1ccc(N2CCCC2=O)cc1)N1CCN(S(=O)(=O)c2ccc(OC(F)(F)F)cc2)CC1. The van der Waals surface area contributed by atoms with Crippen molar-refractivity contribution in [2.45, 2.75) is 24.1 Å². The first-order valence-corrected chi connectivity index (χ1v) is 12.0. The van der Waals surface area contributed by atoms with E-state index in [-0.39, 0.29) is 42.9 Å². The fraction of sp³-hybridized carbons (Fsp3) is 0.364. The molecule has 0 radical (unpaired) electrons. The number of amides is 2. The summed E-state index contributed by atoms with van der Waals surface area (Å²) in [4.78, 5) is 27.8. The van der Waals surface area contributed by atoms with Gasteiger partial charge >= 0.3 is 6.36 Å². The topological polar surface area (TPSA) is 87.2 Å². The van der Waals surface area contributed by atoms with Crippen LogP contribution in [-0.4, -0.2) is 68.5 Å². The summed E-state index contributed by atoms with van der Waals surface area (Å²) in [5.74, 6) is -0.703. The fourth-order valence-electron chi connectivity index (χ4n) is 3.98. The lowest BCUT2D eigenvalue weighted by molar-refractivity contribution is -0.274. The molecule has 0 spiro atoms. The summed E-state index contributed by atoms with van der Waals surface area (Å²) < 4.78 is 67.6. The number of hydrogen-bond acceptors (Lipinski definition) is 5. The lowest BCUT2D eigenvalue weighted by atomic mass is 10.1. The molecule has 2 aromatic carbocycles. The van der Waals surface area contributed by atoms with Crippen molar-refractivity contribution in [2.24, 2.45) is 0 Å². The maximum Gasteiger partial charge on any atom is 0.573 e. The van der Waals surface area contributed by atoms with Crippen LogP contribution in [-0.2, 0) is 14.8 Å². The molecule has 0 aliphatic carbocycles. The van der Waals surface area contributed by atoms with Crippen LogP contribution in [0.2, 0.25) is 0 Å². The van der Waals surface area contributed by atoms with Crippen LogP contribution in [0.1, 0.15) is 23.2 Å². The second-order valence-electron chi connectivity index (χ2n) is 7.91. The van der Waals surface area contributed by atoms with Gasteiger partial charge in [-0.2, -0.15) is 4.31 Å². The monoisotopic (exact) mass is 497 g/mol. The highest BCUT2D eigenvalue weighted by atomic mass is 32.2. The third-order valence-corrected chi connectivity index (χ3v) is 7.63. The molecule has 0 saturated carbocycles. The maximum absolute atomic E-state index is 12.8. The minimum atomic E-state index is -4.87. The molecule has 0 aromatic heterocycles. The van der Waals surface area contributed by atoms with Gasteiger partial charge in [-0.15, -0.1) is 13.2 Å². The molecule has 2 heterocycles. The fourth-order valence-corrected chi connectivity index (χ4v) is 5.40. The summed E-state index contributed by atoms with van der Waals surface area (Å²) in [6.45, 7) is 1.09. The molecular formula is C22H22F3N3O5S. The number of halogens is 3. The van der Waals surface area contributed by atoms with Gasteiger partial charge in [0.2, 0.25) is 15.9 Å². The highest BCUT2D eigenvalue weighted by molar-refractivity contribution is 7.89. The Morgan fingerprint density at radius 2 is 1.50 bits per heavy atom. The molecule has 0 N–H and O–H groups in total. The molecule has 0 bridgehead atoms. The number of carbonyl (C=O) groups excluding carboxylic acids is 2. The smallest absolute Gasteiger partial charge is 0.406 e. The number of sulfonamides is 1. The Kier molecular flexibility index (Phi) is 6.54. The molecule has 8 nitrogen and oxygen atoms in total. The molecule has 4 rings (SSSR count). The largest absolute Gasteiger partial charge is 0.573 e. The van der Waals surface area contributed by atoms with E-state index in [2.05, 4.69) is 4.74 Å². The van der Waals surface area contributed by atoms with Gasteiger partial charge in [0, 0.05) is 50.4 Å². The number of hydrogen-bond donors (Lipinski definition) is 0. The molecule has 0 unspecified atom stereocenters. The zero-order chi connectivity index (χ0) is 24.5.